The minimum absolute atomic E-state index is 0.698. The van der Waals surface area contributed by atoms with Crippen molar-refractivity contribution in [2.24, 2.45) is 0 Å². The Kier molecular flexibility index (Phi) is 4.08. The predicted molar refractivity (Wildman–Crippen MR) is 64.0 cm³/mol. The lowest BCUT2D eigenvalue weighted by molar-refractivity contribution is 0.767. The van der Waals surface area contributed by atoms with Gasteiger partial charge in [0.25, 0.3) is 0 Å². The summed E-state index contributed by atoms with van der Waals surface area (Å²) in [6.07, 6.45) is 2.38. The minimum Gasteiger partial charge on any atom is -0.399 e. The standard InChI is InChI=1S/C11H17ClN2/c1-3-4-5-14(2)11-7-9(12)6-10(13)8-11/h6-8H,3-5,13H2,1-2H3. The van der Waals surface area contributed by atoms with Crippen molar-refractivity contribution >= 4 is 23.0 Å². The molecule has 0 heterocycles. The second-order valence-electron chi connectivity index (χ2n) is 3.52. The van der Waals surface area contributed by atoms with E-state index in [4.69, 9.17) is 17.3 Å². The van der Waals surface area contributed by atoms with E-state index in [0.717, 1.165) is 17.9 Å². The van der Waals surface area contributed by atoms with Crippen molar-refractivity contribution in [3.63, 3.8) is 0 Å². The van der Waals surface area contributed by atoms with Gasteiger partial charge in [-0.2, -0.15) is 0 Å². The van der Waals surface area contributed by atoms with E-state index < -0.39 is 0 Å². The van der Waals surface area contributed by atoms with Gasteiger partial charge in [0.15, 0.2) is 0 Å². The molecule has 0 aromatic heterocycles. The number of hydrogen-bond acceptors (Lipinski definition) is 2. The summed E-state index contributed by atoms with van der Waals surface area (Å²) in [5.41, 5.74) is 7.52. The predicted octanol–water partition coefficient (Wildman–Crippen LogP) is 3.16. The summed E-state index contributed by atoms with van der Waals surface area (Å²) in [5, 5.41) is 0.698. The third-order valence-corrected chi connectivity index (χ3v) is 2.41. The van der Waals surface area contributed by atoms with Gasteiger partial charge in [-0.05, 0) is 24.6 Å². The lowest BCUT2D eigenvalue weighted by Crippen LogP contribution is -2.18. The molecule has 0 unspecified atom stereocenters. The topological polar surface area (TPSA) is 29.3 Å². The van der Waals surface area contributed by atoms with Crippen LogP contribution >= 0.6 is 11.6 Å². The molecule has 0 atom stereocenters. The van der Waals surface area contributed by atoms with E-state index in [1.807, 2.05) is 12.1 Å². The minimum atomic E-state index is 0.698. The SMILES string of the molecule is CCCCN(C)c1cc(N)cc(Cl)c1. The van der Waals surface area contributed by atoms with Gasteiger partial charge in [-0.3, -0.25) is 0 Å². The van der Waals surface area contributed by atoms with Crippen LogP contribution in [0, 0.1) is 0 Å². The number of anilines is 2. The van der Waals surface area contributed by atoms with E-state index in [2.05, 4.69) is 18.9 Å². The van der Waals surface area contributed by atoms with Gasteiger partial charge >= 0.3 is 0 Å². The summed E-state index contributed by atoms with van der Waals surface area (Å²) in [4.78, 5) is 2.17. The summed E-state index contributed by atoms with van der Waals surface area (Å²) < 4.78 is 0. The molecule has 0 saturated heterocycles. The molecule has 0 saturated carbocycles. The Balaban J connectivity index is 2.73. The maximum atomic E-state index is 5.92. The molecule has 0 radical (unpaired) electrons. The monoisotopic (exact) mass is 212 g/mol. The molecule has 1 aromatic rings. The van der Waals surface area contributed by atoms with Crippen LogP contribution in [0.5, 0.6) is 0 Å². The molecule has 0 spiro atoms. The number of halogens is 1. The number of rotatable bonds is 4. The van der Waals surface area contributed by atoms with Gasteiger partial charge in [-0.1, -0.05) is 24.9 Å². The third kappa shape index (κ3) is 3.11. The molecule has 0 aliphatic heterocycles. The summed E-state index contributed by atoms with van der Waals surface area (Å²) in [6, 6.07) is 5.65. The highest BCUT2D eigenvalue weighted by atomic mass is 35.5. The van der Waals surface area contributed by atoms with Crippen LogP contribution in [0.3, 0.4) is 0 Å². The quantitative estimate of drug-likeness (QED) is 0.777. The number of nitrogens with zero attached hydrogens (tertiary/aromatic N) is 1. The first kappa shape index (κ1) is 11.2. The molecule has 0 aliphatic rings. The van der Waals surface area contributed by atoms with Gasteiger partial charge < -0.3 is 10.6 Å². The van der Waals surface area contributed by atoms with Crippen LogP contribution in [0.25, 0.3) is 0 Å². The maximum absolute atomic E-state index is 5.92. The number of hydrogen-bond donors (Lipinski definition) is 1. The van der Waals surface area contributed by atoms with Crippen molar-refractivity contribution in [3.8, 4) is 0 Å². The Bertz CT molecular complexity index is 279. The molecular formula is C11H17ClN2. The molecule has 2 nitrogen and oxygen atoms in total. The van der Waals surface area contributed by atoms with E-state index in [0.29, 0.717) is 5.02 Å². The van der Waals surface area contributed by atoms with Crippen LogP contribution in [-0.2, 0) is 0 Å². The summed E-state index contributed by atoms with van der Waals surface area (Å²) >= 11 is 5.92. The van der Waals surface area contributed by atoms with Gasteiger partial charge in [-0.15, -0.1) is 0 Å². The number of nitrogen functional groups attached to an aromatic ring is 1. The Morgan fingerprint density at radius 1 is 1.36 bits per heavy atom. The molecule has 14 heavy (non-hydrogen) atoms. The second-order valence-corrected chi connectivity index (χ2v) is 3.95. The van der Waals surface area contributed by atoms with Gasteiger partial charge in [-0.25, -0.2) is 0 Å². The van der Waals surface area contributed by atoms with E-state index in [1.165, 1.54) is 12.8 Å². The van der Waals surface area contributed by atoms with Crippen LogP contribution in [0.4, 0.5) is 11.4 Å². The van der Waals surface area contributed by atoms with Crippen LogP contribution in [0.1, 0.15) is 19.8 Å². The van der Waals surface area contributed by atoms with E-state index >= 15 is 0 Å². The van der Waals surface area contributed by atoms with Crippen molar-refractivity contribution in [2.75, 3.05) is 24.2 Å². The number of benzene rings is 1. The van der Waals surface area contributed by atoms with E-state index in [9.17, 15) is 0 Å². The Morgan fingerprint density at radius 3 is 2.64 bits per heavy atom. The molecule has 78 valence electrons. The fraction of sp³-hybridized carbons (Fsp3) is 0.455. The average Bonchev–Trinajstić information content (AvgIpc) is 2.12. The van der Waals surface area contributed by atoms with Crippen molar-refractivity contribution in [3.05, 3.63) is 23.2 Å². The summed E-state index contributed by atoms with van der Waals surface area (Å²) in [5.74, 6) is 0. The maximum Gasteiger partial charge on any atom is 0.0447 e. The molecule has 0 bridgehead atoms. The highest BCUT2D eigenvalue weighted by Gasteiger charge is 2.02. The molecule has 1 rings (SSSR count). The third-order valence-electron chi connectivity index (χ3n) is 2.19. The molecule has 3 heteroatoms. The Hall–Kier alpha value is -0.890. The lowest BCUT2D eigenvalue weighted by Gasteiger charge is -2.19. The fourth-order valence-electron chi connectivity index (χ4n) is 1.34. The van der Waals surface area contributed by atoms with Gasteiger partial charge in [0.05, 0.1) is 0 Å². The van der Waals surface area contributed by atoms with Gasteiger partial charge in [0.1, 0.15) is 0 Å². The molecule has 0 fully saturated rings. The second kappa shape index (κ2) is 5.11. The van der Waals surface area contributed by atoms with Crippen molar-refractivity contribution in [1.82, 2.24) is 0 Å². The Labute approximate surface area is 90.7 Å². The van der Waals surface area contributed by atoms with Crippen molar-refractivity contribution in [1.29, 1.82) is 0 Å². The highest BCUT2D eigenvalue weighted by Crippen LogP contribution is 2.23. The van der Waals surface area contributed by atoms with Crippen molar-refractivity contribution in [2.45, 2.75) is 19.8 Å². The smallest absolute Gasteiger partial charge is 0.0447 e. The summed E-state index contributed by atoms with van der Waals surface area (Å²) in [7, 11) is 2.06. The first-order chi connectivity index (χ1) is 6.63. The van der Waals surface area contributed by atoms with Crippen LogP contribution in [0.2, 0.25) is 5.02 Å². The first-order valence-corrected chi connectivity index (χ1v) is 5.28. The number of nitrogens with two attached hydrogens (primary N) is 1. The molecule has 1 aromatic carbocycles. The molecule has 2 N–H and O–H groups in total. The number of unbranched alkanes of at least 4 members (excludes halogenated alkanes) is 1. The molecule has 0 aliphatic carbocycles. The normalized spacial score (nSPS) is 10.2. The molecule has 0 amide bonds. The first-order valence-electron chi connectivity index (χ1n) is 4.90. The highest BCUT2D eigenvalue weighted by molar-refractivity contribution is 6.31. The van der Waals surface area contributed by atoms with Gasteiger partial charge in [0, 0.05) is 30.0 Å². The van der Waals surface area contributed by atoms with Crippen LogP contribution in [0.15, 0.2) is 18.2 Å². The lowest BCUT2D eigenvalue weighted by atomic mass is 10.2. The zero-order valence-corrected chi connectivity index (χ0v) is 9.51. The van der Waals surface area contributed by atoms with Crippen LogP contribution in [-0.4, -0.2) is 13.6 Å². The van der Waals surface area contributed by atoms with E-state index in [1.54, 1.807) is 6.07 Å². The average molecular weight is 213 g/mol. The van der Waals surface area contributed by atoms with Crippen molar-refractivity contribution < 1.29 is 0 Å². The fourth-order valence-corrected chi connectivity index (χ4v) is 1.58. The molecular weight excluding hydrogens is 196 g/mol. The van der Waals surface area contributed by atoms with Gasteiger partial charge in [0.2, 0.25) is 0 Å². The zero-order chi connectivity index (χ0) is 10.6. The largest absolute Gasteiger partial charge is 0.399 e. The Morgan fingerprint density at radius 2 is 2.07 bits per heavy atom. The van der Waals surface area contributed by atoms with E-state index in [-0.39, 0.29) is 0 Å². The summed E-state index contributed by atoms with van der Waals surface area (Å²) in [6.45, 7) is 3.22. The van der Waals surface area contributed by atoms with Crippen LogP contribution < -0.4 is 10.6 Å². The zero-order valence-electron chi connectivity index (χ0n) is 8.76.